The summed E-state index contributed by atoms with van der Waals surface area (Å²) >= 11 is 0. The Labute approximate surface area is 243 Å². The zero-order valence-electron chi connectivity index (χ0n) is 23.6. The maximum Gasteiger partial charge on any atom is 0.410 e. The van der Waals surface area contributed by atoms with Crippen LogP contribution < -0.4 is 16.8 Å². The van der Waals surface area contributed by atoms with Gasteiger partial charge >= 0.3 is 6.09 Å². The Morgan fingerprint density at radius 1 is 1.12 bits per heavy atom. The summed E-state index contributed by atoms with van der Waals surface area (Å²) in [5.74, 6) is 0.686. The van der Waals surface area contributed by atoms with E-state index in [4.69, 9.17) is 20.9 Å². The molecule has 3 aromatic rings. The van der Waals surface area contributed by atoms with Crippen LogP contribution in [0.25, 0.3) is 11.2 Å². The van der Waals surface area contributed by atoms with Crippen LogP contribution in [0.3, 0.4) is 0 Å². The van der Waals surface area contributed by atoms with E-state index in [0.717, 1.165) is 31.2 Å². The number of benzene rings is 1. The summed E-state index contributed by atoms with van der Waals surface area (Å²) in [6.45, 7) is 3.62. The van der Waals surface area contributed by atoms with Crippen LogP contribution in [0, 0.1) is 5.92 Å². The van der Waals surface area contributed by atoms with E-state index < -0.39 is 30.4 Å². The molecule has 0 spiro atoms. The molecule has 2 saturated heterocycles. The molecule has 4 atom stereocenters. The van der Waals surface area contributed by atoms with E-state index >= 15 is 0 Å². The monoisotopic (exact) mass is 582 g/mol. The van der Waals surface area contributed by atoms with Crippen LogP contribution in [0.2, 0.25) is 0 Å². The van der Waals surface area contributed by atoms with Gasteiger partial charge in [0.2, 0.25) is 0 Å². The second-order valence-electron chi connectivity index (χ2n) is 10.8. The number of hydrogen-bond acceptors (Lipinski definition) is 11. The number of nitrogens with one attached hydrogen (secondary N) is 1. The third kappa shape index (κ3) is 6.40. The predicted molar refractivity (Wildman–Crippen MR) is 153 cm³/mol. The largest absolute Gasteiger partial charge is 0.445 e. The summed E-state index contributed by atoms with van der Waals surface area (Å²) in [5, 5.41) is 23.6. The maximum absolute atomic E-state index is 12.5. The van der Waals surface area contributed by atoms with Crippen molar-refractivity contribution in [2.75, 3.05) is 31.1 Å². The second kappa shape index (κ2) is 12.9. The molecule has 0 radical (unpaired) electrons. The molecule has 2 aromatic heterocycles. The number of hydrogen-bond donors (Lipinski definition) is 5. The average molecular weight is 583 g/mol. The summed E-state index contributed by atoms with van der Waals surface area (Å²) in [7, 11) is 0. The number of anilines is 2. The lowest BCUT2D eigenvalue weighted by molar-refractivity contribution is -0.137. The first kappa shape index (κ1) is 29.5. The molecule has 7 N–H and O–H groups in total. The third-order valence-electron chi connectivity index (χ3n) is 7.84. The van der Waals surface area contributed by atoms with Crippen LogP contribution in [-0.2, 0) is 27.3 Å². The zero-order valence-corrected chi connectivity index (χ0v) is 23.6. The van der Waals surface area contributed by atoms with E-state index in [0.29, 0.717) is 54.6 Å². The van der Waals surface area contributed by atoms with Crippen LogP contribution in [0.1, 0.15) is 50.2 Å². The van der Waals surface area contributed by atoms with Gasteiger partial charge in [0.15, 0.2) is 23.8 Å². The van der Waals surface area contributed by atoms with E-state index in [-0.39, 0.29) is 18.5 Å². The van der Waals surface area contributed by atoms with Crippen molar-refractivity contribution in [3.63, 3.8) is 0 Å². The second-order valence-corrected chi connectivity index (χ2v) is 10.8. The van der Waals surface area contributed by atoms with E-state index in [1.54, 1.807) is 24.0 Å². The van der Waals surface area contributed by atoms with Gasteiger partial charge in [0.25, 0.3) is 5.91 Å². The van der Waals surface area contributed by atoms with Crippen LogP contribution >= 0.6 is 0 Å². The number of imidazole rings is 1. The lowest BCUT2D eigenvalue weighted by Crippen LogP contribution is -2.42. The Hall–Kier alpha value is -4.01. The van der Waals surface area contributed by atoms with E-state index in [2.05, 4.69) is 20.3 Å². The highest BCUT2D eigenvalue weighted by Crippen LogP contribution is 2.32. The first-order valence-electron chi connectivity index (χ1n) is 14.3. The number of nitrogens with zero attached hydrogens (tertiary/aromatic N) is 5. The van der Waals surface area contributed by atoms with Gasteiger partial charge in [-0.05, 0) is 56.2 Å². The van der Waals surface area contributed by atoms with Gasteiger partial charge in [-0.25, -0.2) is 19.7 Å². The highest BCUT2D eigenvalue weighted by atomic mass is 16.6. The van der Waals surface area contributed by atoms with Gasteiger partial charge in [-0.1, -0.05) is 12.1 Å². The number of aryl methyl sites for hydroxylation is 1. The molecule has 226 valence electrons. The van der Waals surface area contributed by atoms with Crippen molar-refractivity contribution >= 4 is 34.7 Å². The molecular formula is C28H38N8O6. The summed E-state index contributed by atoms with van der Waals surface area (Å²) in [5.41, 5.74) is 14.1. The first-order valence-corrected chi connectivity index (χ1v) is 14.3. The highest BCUT2D eigenvalue weighted by molar-refractivity contribution is 5.83. The summed E-state index contributed by atoms with van der Waals surface area (Å²) in [6, 6.07) is 7.26. The molecule has 2 fully saturated rings. The molecular weight excluding hydrogens is 544 g/mol. The minimum Gasteiger partial charge on any atom is -0.445 e. The van der Waals surface area contributed by atoms with Gasteiger partial charge in [0.1, 0.15) is 30.2 Å². The van der Waals surface area contributed by atoms with Gasteiger partial charge in [0.05, 0.1) is 6.33 Å². The van der Waals surface area contributed by atoms with Crippen LogP contribution in [-0.4, -0.2) is 84.6 Å². The molecule has 0 bridgehead atoms. The molecule has 4 heterocycles. The molecule has 2 aliphatic heterocycles. The number of carbonyl (C=O) groups excluding carboxylic acids is 2. The van der Waals surface area contributed by atoms with Crippen molar-refractivity contribution in [1.29, 1.82) is 0 Å². The van der Waals surface area contributed by atoms with Crippen molar-refractivity contribution in [2.24, 2.45) is 5.92 Å². The smallest absolute Gasteiger partial charge is 0.410 e. The molecule has 0 unspecified atom stereocenters. The average Bonchev–Trinajstić information content (AvgIpc) is 3.53. The number of rotatable bonds is 9. The Bertz CT molecular complexity index is 1390. The minimum atomic E-state index is -1.41. The Kier molecular flexibility index (Phi) is 9.04. The Morgan fingerprint density at radius 3 is 2.57 bits per heavy atom. The van der Waals surface area contributed by atoms with E-state index in [9.17, 15) is 19.8 Å². The SMILES string of the molecule is CCNC(=O)[C@H]1O[C@@H](n2cnc3c(N)nc(CCCC4CCN(C(=O)OCc5ccc(N)cc5)CC4)nc32)[C@H](O)[C@@H]1O. The van der Waals surface area contributed by atoms with E-state index in [1.165, 1.54) is 10.9 Å². The first-order chi connectivity index (χ1) is 20.2. The maximum atomic E-state index is 12.5. The quantitative estimate of drug-likeness (QED) is 0.226. The topological polar surface area (TPSA) is 204 Å². The predicted octanol–water partition coefficient (Wildman–Crippen LogP) is 1.12. The normalized spacial score (nSPS) is 22.9. The number of aliphatic hydroxyl groups is 2. The zero-order chi connectivity index (χ0) is 29.8. The number of aromatic nitrogens is 4. The number of likely N-dealkylation sites (N-methyl/N-ethyl adjacent to an activating group) is 1. The van der Waals surface area contributed by atoms with Crippen molar-refractivity contribution in [1.82, 2.24) is 29.7 Å². The number of ether oxygens (including phenoxy) is 2. The lowest BCUT2D eigenvalue weighted by atomic mass is 9.91. The minimum absolute atomic E-state index is 0.202. The van der Waals surface area contributed by atoms with Crippen molar-refractivity contribution in [3.8, 4) is 0 Å². The molecule has 2 aliphatic rings. The van der Waals surface area contributed by atoms with Gasteiger partial charge < -0.3 is 41.4 Å². The van der Waals surface area contributed by atoms with Crippen LogP contribution in [0.15, 0.2) is 30.6 Å². The van der Waals surface area contributed by atoms with Gasteiger partial charge in [-0.2, -0.15) is 0 Å². The van der Waals surface area contributed by atoms with E-state index in [1.807, 2.05) is 12.1 Å². The molecule has 2 amide bonds. The van der Waals surface area contributed by atoms with Gasteiger partial charge in [-0.3, -0.25) is 9.36 Å². The third-order valence-corrected chi connectivity index (χ3v) is 7.84. The molecule has 0 aliphatic carbocycles. The van der Waals surface area contributed by atoms with Gasteiger partial charge in [-0.15, -0.1) is 0 Å². The van der Waals surface area contributed by atoms with Crippen molar-refractivity contribution in [2.45, 2.75) is 70.2 Å². The summed E-state index contributed by atoms with van der Waals surface area (Å²) < 4.78 is 12.7. The number of fused-ring (bicyclic) bond motifs is 1. The molecule has 1 aromatic carbocycles. The number of likely N-dealkylation sites (tertiary alicyclic amines) is 1. The Balaban J connectivity index is 1.13. The summed E-state index contributed by atoms with van der Waals surface area (Å²) in [6.07, 6.45) is 0.162. The van der Waals surface area contributed by atoms with Crippen molar-refractivity contribution < 1.29 is 29.3 Å². The fourth-order valence-corrected chi connectivity index (χ4v) is 5.47. The number of amides is 2. The number of piperidine rings is 1. The van der Waals surface area contributed by atoms with Gasteiger partial charge in [0, 0.05) is 31.7 Å². The molecule has 5 rings (SSSR count). The molecule has 14 heteroatoms. The van der Waals surface area contributed by atoms with Crippen LogP contribution in [0.4, 0.5) is 16.3 Å². The molecule has 14 nitrogen and oxygen atoms in total. The Morgan fingerprint density at radius 2 is 1.86 bits per heavy atom. The number of nitrogens with two attached hydrogens (primary N) is 2. The summed E-state index contributed by atoms with van der Waals surface area (Å²) in [4.78, 5) is 39.8. The molecule has 0 saturated carbocycles. The fraction of sp³-hybridized carbons (Fsp3) is 0.536. The standard InChI is InChI=1S/C28H38N8O6/c1-2-31-26(39)23-21(37)22(38)27(42-23)36-15-32-20-24(30)33-19(34-25(20)36)5-3-4-16-10-12-35(13-11-16)28(40)41-14-17-6-8-18(29)9-7-17/h6-9,15-16,21-23,27,37-38H,2-5,10-14,29H2,1H3,(H,31,39)(H2,30,33,34)/t21-,22+,23-,27+/m0/s1. The lowest BCUT2D eigenvalue weighted by Gasteiger charge is -2.31. The highest BCUT2D eigenvalue weighted by Gasteiger charge is 2.47. The fourth-order valence-electron chi connectivity index (χ4n) is 5.47. The molecule has 42 heavy (non-hydrogen) atoms. The van der Waals surface area contributed by atoms with Crippen LogP contribution in [0.5, 0.6) is 0 Å². The number of carbonyl (C=O) groups is 2. The number of aliphatic hydroxyl groups excluding tert-OH is 2. The van der Waals surface area contributed by atoms with Crippen molar-refractivity contribution in [3.05, 3.63) is 42.0 Å². The number of nitrogen functional groups attached to an aromatic ring is 2.